The average Bonchev–Trinajstić information content (AvgIpc) is 2.41. The molecule has 0 amide bonds. The van der Waals surface area contributed by atoms with E-state index in [0.717, 1.165) is 29.2 Å². The molecule has 0 atom stereocenters. The highest BCUT2D eigenvalue weighted by atomic mass is 16.5. The lowest BCUT2D eigenvalue weighted by molar-refractivity contribution is 0.234. The molecule has 108 valence electrons. The molecule has 1 aliphatic rings. The van der Waals surface area contributed by atoms with Crippen LogP contribution in [0.25, 0.3) is 0 Å². The van der Waals surface area contributed by atoms with Gasteiger partial charge in [0.2, 0.25) is 0 Å². The fraction of sp³-hybridized carbons (Fsp3) is 0.647. The lowest BCUT2D eigenvalue weighted by Gasteiger charge is -2.28. The van der Waals surface area contributed by atoms with E-state index in [1.165, 1.54) is 25.7 Å². The zero-order valence-corrected chi connectivity index (χ0v) is 12.9. The Hall–Kier alpha value is -1.18. The van der Waals surface area contributed by atoms with Crippen LogP contribution in [0.1, 0.15) is 46.5 Å². The Kier molecular flexibility index (Phi) is 6.75. The van der Waals surface area contributed by atoms with Gasteiger partial charge in [-0.25, -0.2) is 0 Å². The quantitative estimate of drug-likeness (QED) is 0.782. The molecular formula is C17H29NO. The van der Waals surface area contributed by atoms with Gasteiger partial charge in [-0.1, -0.05) is 33.6 Å². The molecule has 0 heterocycles. The molecule has 0 aliphatic heterocycles. The zero-order chi connectivity index (χ0) is 14.3. The molecule has 0 bridgehead atoms. The second-order valence-electron chi connectivity index (χ2n) is 6.04. The standard InChI is InChI=1S/C10H20.C7H9NO/c1-8(2)10-6-4-9(3)5-7-10;1-9-7-4-2-6(8)3-5-7/h8-10H,4-7H2,1-3H3;2-5H,8H2,1H3. The molecule has 1 saturated carbocycles. The van der Waals surface area contributed by atoms with Crippen molar-refractivity contribution in [1.29, 1.82) is 0 Å². The fourth-order valence-electron chi connectivity index (χ4n) is 2.56. The molecule has 0 radical (unpaired) electrons. The summed E-state index contributed by atoms with van der Waals surface area (Å²) in [4.78, 5) is 0. The number of methoxy groups -OCH3 is 1. The van der Waals surface area contributed by atoms with Gasteiger partial charge in [0.25, 0.3) is 0 Å². The molecule has 1 fully saturated rings. The van der Waals surface area contributed by atoms with E-state index in [0.29, 0.717) is 0 Å². The highest BCUT2D eigenvalue weighted by molar-refractivity contribution is 5.41. The van der Waals surface area contributed by atoms with Crippen LogP contribution in [-0.2, 0) is 0 Å². The van der Waals surface area contributed by atoms with Crippen LogP contribution in [0.2, 0.25) is 0 Å². The van der Waals surface area contributed by atoms with E-state index in [1.807, 2.05) is 12.1 Å². The number of benzene rings is 1. The van der Waals surface area contributed by atoms with Crippen LogP contribution in [0.15, 0.2) is 24.3 Å². The second-order valence-corrected chi connectivity index (χ2v) is 6.04. The van der Waals surface area contributed by atoms with Crippen molar-refractivity contribution in [3.05, 3.63) is 24.3 Å². The first-order valence-electron chi connectivity index (χ1n) is 7.42. The van der Waals surface area contributed by atoms with Crippen LogP contribution >= 0.6 is 0 Å². The molecule has 0 spiro atoms. The maximum absolute atomic E-state index is 5.43. The highest BCUT2D eigenvalue weighted by Gasteiger charge is 2.19. The molecule has 1 aliphatic carbocycles. The minimum atomic E-state index is 0.760. The third kappa shape index (κ3) is 6.00. The van der Waals surface area contributed by atoms with E-state index in [-0.39, 0.29) is 0 Å². The topological polar surface area (TPSA) is 35.2 Å². The number of ether oxygens (including phenoxy) is 1. The van der Waals surface area contributed by atoms with Crippen LogP contribution in [0.4, 0.5) is 5.69 Å². The molecule has 2 rings (SSSR count). The van der Waals surface area contributed by atoms with Crippen molar-refractivity contribution in [2.75, 3.05) is 12.8 Å². The maximum atomic E-state index is 5.43. The third-order valence-corrected chi connectivity index (χ3v) is 4.12. The lowest BCUT2D eigenvalue weighted by atomic mass is 9.78. The summed E-state index contributed by atoms with van der Waals surface area (Å²) in [6, 6.07) is 7.27. The zero-order valence-electron chi connectivity index (χ0n) is 12.9. The van der Waals surface area contributed by atoms with Crippen molar-refractivity contribution in [3.8, 4) is 5.75 Å². The van der Waals surface area contributed by atoms with E-state index in [2.05, 4.69) is 20.8 Å². The van der Waals surface area contributed by atoms with E-state index < -0.39 is 0 Å². The Balaban J connectivity index is 0.000000191. The summed E-state index contributed by atoms with van der Waals surface area (Å²) in [6.45, 7) is 7.11. The number of nitrogen functional groups attached to an aromatic ring is 1. The Morgan fingerprint density at radius 3 is 2.00 bits per heavy atom. The minimum Gasteiger partial charge on any atom is -0.497 e. The molecule has 2 N–H and O–H groups in total. The van der Waals surface area contributed by atoms with Crippen LogP contribution < -0.4 is 10.5 Å². The Morgan fingerprint density at radius 2 is 1.58 bits per heavy atom. The molecule has 19 heavy (non-hydrogen) atoms. The average molecular weight is 263 g/mol. The third-order valence-electron chi connectivity index (χ3n) is 4.12. The van der Waals surface area contributed by atoms with Gasteiger partial charge in [-0.3, -0.25) is 0 Å². The van der Waals surface area contributed by atoms with Crippen LogP contribution in [-0.4, -0.2) is 7.11 Å². The first-order valence-corrected chi connectivity index (χ1v) is 7.42. The summed E-state index contributed by atoms with van der Waals surface area (Å²) in [7, 11) is 1.63. The van der Waals surface area contributed by atoms with E-state index in [4.69, 9.17) is 10.5 Å². The lowest BCUT2D eigenvalue weighted by Crippen LogP contribution is -2.16. The van der Waals surface area contributed by atoms with Gasteiger partial charge in [0.05, 0.1) is 7.11 Å². The van der Waals surface area contributed by atoms with Crippen molar-refractivity contribution >= 4 is 5.69 Å². The molecule has 0 unspecified atom stereocenters. The van der Waals surface area contributed by atoms with Gasteiger partial charge < -0.3 is 10.5 Å². The van der Waals surface area contributed by atoms with Crippen molar-refractivity contribution in [2.45, 2.75) is 46.5 Å². The summed E-state index contributed by atoms with van der Waals surface area (Å²) < 4.78 is 4.91. The molecule has 1 aromatic rings. The normalized spacial score (nSPS) is 22.6. The molecule has 2 nitrogen and oxygen atoms in total. The Morgan fingerprint density at radius 1 is 1.05 bits per heavy atom. The first-order chi connectivity index (χ1) is 9.02. The number of rotatable bonds is 2. The van der Waals surface area contributed by atoms with E-state index in [9.17, 15) is 0 Å². The van der Waals surface area contributed by atoms with Gasteiger partial charge in [-0.2, -0.15) is 0 Å². The Bertz CT molecular complexity index is 337. The minimum absolute atomic E-state index is 0.760. The summed E-state index contributed by atoms with van der Waals surface area (Å²) in [5.41, 5.74) is 6.19. The van der Waals surface area contributed by atoms with Gasteiger partial charge in [-0.15, -0.1) is 0 Å². The molecular weight excluding hydrogens is 234 g/mol. The van der Waals surface area contributed by atoms with Gasteiger partial charge in [0.1, 0.15) is 5.75 Å². The largest absolute Gasteiger partial charge is 0.497 e. The predicted octanol–water partition coefficient (Wildman–Crippen LogP) is 4.75. The van der Waals surface area contributed by atoms with Gasteiger partial charge in [-0.05, 0) is 54.9 Å². The number of hydrogen-bond acceptors (Lipinski definition) is 2. The molecule has 2 heteroatoms. The number of nitrogens with two attached hydrogens (primary N) is 1. The number of hydrogen-bond donors (Lipinski definition) is 1. The SMILES string of the molecule is CC1CCC(C(C)C)CC1.COc1ccc(N)cc1. The van der Waals surface area contributed by atoms with Crippen LogP contribution in [0.3, 0.4) is 0 Å². The van der Waals surface area contributed by atoms with E-state index >= 15 is 0 Å². The Labute approximate surface area is 118 Å². The predicted molar refractivity (Wildman–Crippen MR) is 83.4 cm³/mol. The van der Waals surface area contributed by atoms with Crippen molar-refractivity contribution in [1.82, 2.24) is 0 Å². The first kappa shape index (κ1) is 15.9. The summed E-state index contributed by atoms with van der Waals surface area (Å²) in [6.07, 6.45) is 5.92. The maximum Gasteiger partial charge on any atom is 0.119 e. The van der Waals surface area contributed by atoms with Gasteiger partial charge in [0.15, 0.2) is 0 Å². The molecule has 1 aromatic carbocycles. The smallest absolute Gasteiger partial charge is 0.119 e. The van der Waals surface area contributed by atoms with Gasteiger partial charge in [0, 0.05) is 5.69 Å². The van der Waals surface area contributed by atoms with Crippen molar-refractivity contribution < 1.29 is 4.74 Å². The number of anilines is 1. The fourth-order valence-corrected chi connectivity index (χ4v) is 2.56. The molecule has 0 aromatic heterocycles. The van der Waals surface area contributed by atoms with Crippen molar-refractivity contribution in [3.63, 3.8) is 0 Å². The van der Waals surface area contributed by atoms with Crippen LogP contribution in [0, 0.1) is 17.8 Å². The summed E-state index contributed by atoms with van der Waals surface area (Å²) in [5, 5.41) is 0. The molecule has 0 saturated heterocycles. The second kappa shape index (κ2) is 8.08. The van der Waals surface area contributed by atoms with Crippen molar-refractivity contribution in [2.24, 2.45) is 17.8 Å². The monoisotopic (exact) mass is 263 g/mol. The summed E-state index contributed by atoms with van der Waals surface area (Å²) >= 11 is 0. The van der Waals surface area contributed by atoms with E-state index in [1.54, 1.807) is 19.2 Å². The highest BCUT2D eigenvalue weighted by Crippen LogP contribution is 2.32. The van der Waals surface area contributed by atoms with Gasteiger partial charge >= 0.3 is 0 Å². The van der Waals surface area contributed by atoms with Crippen LogP contribution in [0.5, 0.6) is 5.75 Å². The summed E-state index contributed by atoms with van der Waals surface area (Å²) in [5.74, 6) is 3.81.